The third kappa shape index (κ3) is 3.92. The molecule has 2 rings (SSSR count). The number of hydrogen-bond donors (Lipinski definition) is 1. The van der Waals surface area contributed by atoms with Crippen molar-refractivity contribution in [2.45, 2.75) is 24.8 Å². The van der Waals surface area contributed by atoms with Crippen molar-refractivity contribution in [3.05, 3.63) is 29.8 Å². The van der Waals surface area contributed by atoms with E-state index >= 15 is 0 Å². The Labute approximate surface area is 126 Å². The fourth-order valence-electron chi connectivity index (χ4n) is 2.49. The van der Waals surface area contributed by atoms with E-state index in [2.05, 4.69) is 0 Å². The molecule has 118 valence electrons. The topological polar surface area (TPSA) is 73.6 Å². The van der Waals surface area contributed by atoms with Gasteiger partial charge in [0.05, 0.1) is 25.6 Å². The van der Waals surface area contributed by atoms with Gasteiger partial charge in [-0.25, -0.2) is 8.78 Å². The number of carbonyl (C=O) groups excluding carboxylic acids is 1. The monoisotopic (exact) mass is 310 g/mol. The van der Waals surface area contributed by atoms with E-state index in [1.807, 2.05) is 6.07 Å². The number of aliphatic hydroxyl groups excluding tert-OH is 1. The molecule has 1 atom stereocenters. The van der Waals surface area contributed by atoms with Crippen molar-refractivity contribution >= 4 is 5.91 Å². The number of benzene rings is 1. The summed E-state index contributed by atoms with van der Waals surface area (Å²) in [5.74, 6) is -2.98. The van der Waals surface area contributed by atoms with Crippen molar-refractivity contribution < 1.29 is 23.4 Å². The Morgan fingerprint density at radius 3 is 3.00 bits per heavy atom. The predicted molar refractivity (Wildman–Crippen MR) is 73.4 cm³/mol. The first kappa shape index (κ1) is 16.2. The van der Waals surface area contributed by atoms with Crippen LogP contribution in [0.2, 0.25) is 0 Å². The van der Waals surface area contributed by atoms with E-state index < -0.39 is 37.4 Å². The quantitative estimate of drug-likeness (QED) is 0.891. The van der Waals surface area contributed by atoms with Crippen LogP contribution in [0.1, 0.15) is 12.0 Å². The maximum absolute atomic E-state index is 13.4. The van der Waals surface area contributed by atoms with Gasteiger partial charge in [0.2, 0.25) is 5.91 Å². The second-order valence-corrected chi connectivity index (χ2v) is 5.19. The standard InChI is InChI=1S/C15H16F2N2O3/c16-15(17)8-12(9-20)19(10-15)14(21)7-11-2-1-3-13(6-11)22-5-4-18/h1-3,6,12,20H,5,7-10H2. The third-order valence-corrected chi connectivity index (χ3v) is 3.46. The van der Waals surface area contributed by atoms with Crippen LogP contribution in [0, 0.1) is 11.3 Å². The number of carbonyl (C=O) groups is 1. The van der Waals surface area contributed by atoms with E-state index in [0.717, 1.165) is 4.90 Å². The second-order valence-electron chi connectivity index (χ2n) is 5.19. The summed E-state index contributed by atoms with van der Waals surface area (Å²) >= 11 is 0. The first-order valence-electron chi connectivity index (χ1n) is 6.82. The Morgan fingerprint density at radius 1 is 1.55 bits per heavy atom. The molecule has 1 aliphatic rings. The highest BCUT2D eigenvalue weighted by Crippen LogP contribution is 2.32. The van der Waals surface area contributed by atoms with Gasteiger partial charge < -0.3 is 14.7 Å². The molecule has 7 heteroatoms. The zero-order chi connectivity index (χ0) is 16.2. The third-order valence-electron chi connectivity index (χ3n) is 3.46. The average Bonchev–Trinajstić information content (AvgIpc) is 2.81. The summed E-state index contributed by atoms with van der Waals surface area (Å²) in [5.41, 5.74) is 0.604. The Hall–Kier alpha value is -2.20. The lowest BCUT2D eigenvalue weighted by atomic mass is 10.1. The van der Waals surface area contributed by atoms with Gasteiger partial charge >= 0.3 is 0 Å². The second kappa shape index (κ2) is 6.71. The Balaban J connectivity index is 2.04. The number of ether oxygens (including phenoxy) is 1. The number of rotatable bonds is 5. The largest absolute Gasteiger partial charge is 0.479 e. The molecule has 0 aliphatic carbocycles. The Morgan fingerprint density at radius 2 is 2.32 bits per heavy atom. The maximum Gasteiger partial charge on any atom is 0.267 e. The van der Waals surface area contributed by atoms with Crippen molar-refractivity contribution in [3.8, 4) is 11.8 Å². The number of likely N-dealkylation sites (tertiary alicyclic amines) is 1. The molecule has 1 aliphatic heterocycles. The minimum Gasteiger partial charge on any atom is -0.479 e. The predicted octanol–water partition coefficient (Wildman–Crippen LogP) is 1.36. The molecule has 0 bridgehead atoms. The van der Waals surface area contributed by atoms with Gasteiger partial charge in [-0.2, -0.15) is 5.26 Å². The summed E-state index contributed by atoms with van der Waals surface area (Å²) in [4.78, 5) is 13.2. The molecule has 0 spiro atoms. The van der Waals surface area contributed by atoms with Gasteiger partial charge in [-0.15, -0.1) is 0 Å². The van der Waals surface area contributed by atoms with Gasteiger partial charge in [-0.1, -0.05) is 12.1 Å². The summed E-state index contributed by atoms with van der Waals surface area (Å²) < 4.78 is 31.9. The lowest BCUT2D eigenvalue weighted by Crippen LogP contribution is -2.39. The van der Waals surface area contributed by atoms with Crippen LogP contribution in [0.25, 0.3) is 0 Å². The highest BCUT2D eigenvalue weighted by Gasteiger charge is 2.46. The number of nitrogens with zero attached hydrogens (tertiary/aromatic N) is 2. The molecular formula is C15H16F2N2O3. The molecule has 1 fully saturated rings. The van der Waals surface area contributed by atoms with Crippen LogP contribution in [0.4, 0.5) is 8.78 Å². The van der Waals surface area contributed by atoms with Gasteiger partial charge in [-0.05, 0) is 17.7 Å². The molecule has 1 saturated heterocycles. The first-order chi connectivity index (χ1) is 10.4. The minimum atomic E-state index is -2.96. The van der Waals surface area contributed by atoms with Crippen LogP contribution < -0.4 is 4.74 Å². The van der Waals surface area contributed by atoms with Crippen molar-refractivity contribution in [1.82, 2.24) is 4.90 Å². The molecule has 0 aromatic heterocycles. The minimum absolute atomic E-state index is 0.0592. The number of amides is 1. The molecule has 0 radical (unpaired) electrons. The molecule has 0 saturated carbocycles. The average molecular weight is 310 g/mol. The molecular weight excluding hydrogens is 294 g/mol. The Kier molecular flexibility index (Phi) is 4.93. The lowest BCUT2D eigenvalue weighted by Gasteiger charge is -2.22. The fraction of sp³-hybridized carbons (Fsp3) is 0.467. The van der Waals surface area contributed by atoms with Gasteiger partial charge in [0, 0.05) is 6.42 Å². The summed E-state index contributed by atoms with van der Waals surface area (Å²) in [6.45, 7) is -1.25. The summed E-state index contributed by atoms with van der Waals surface area (Å²) in [6, 6.07) is 7.57. The number of nitriles is 1. The SMILES string of the molecule is N#CCOc1cccc(CC(=O)N2CC(F)(F)CC2CO)c1. The number of halogens is 2. The van der Waals surface area contributed by atoms with Gasteiger partial charge in [0.1, 0.15) is 11.8 Å². The maximum atomic E-state index is 13.4. The normalized spacial score (nSPS) is 19.7. The smallest absolute Gasteiger partial charge is 0.267 e. The zero-order valence-corrected chi connectivity index (χ0v) is 11.8. The van der Waals surface area contributed by atoms with E-state index in [1.54, 1.807) is 24.3 Å². The lowest BCUT2D eigenvalue weighted by molar-refractivity contribution is -0.133. The van der Waals surface area contributed by atoms with Crippen molar-refractivity contribution in [2.24, 2.45) is 0 Å². The van der Waals surface area contributed by atoms with E-state index in [9.17, 15) is 13.6 Å². The zero-order valence-electron chi connectivity index (χ0n) is 11.8. The van der Waals surface area contributed by atoms with Crippen LogP contribution in [-0.4, -0.2) is 47.6 Å². The van der Waals surface area contributed by atoms with Crippen LogP contribution >= 0.6 is 0 Å². The molecule has 1 N–H and O–H groups in total. The summed E-state index contributed by atoms with van der Waals surface area (Å²) in [7, 11) is 0. The van der Waals surface area contributed by atoms with Crippen LogP contribution in [-0.2, 0) is 11.2 Å². The van der Waals surface area contributed by atoms with Gasteiger partial charge in [0.15, 0.2) is 6.61 Å². The van der Waals surface area contributed by atoms with Crippen molar-refractivity contribution in [1.29, 1.82) is 5.26 Å². The van der Waals surface area contributed by atoms with Crippen LogP contribution in [0.3, 0.4) is 0 Å². The van der Waals surface area contributed by atoms with Gasteiger partial charge in [0.25, 0.3) is 5.92 Å². The molecule has 1 heterocycles. The van der Waals surface area contributed by atoms with Crippen LogP contribution in [0.15, 0.2) is 24.3 Å². The van der Waals surface area contributed by atoms with E-state index in [1.165, 1.54) is 0 Å². The van der Waals surface area contributed by atoms with E-state index in [-0.39, 0.29) is 13.0 Å². The molecule has 1 amide bonds. The fourth-order valence-corrected chi connectivity index (χ4v) is 2.49. The molecule has 22 heavy (non-hydrogen) atoms. The van der Waals surface area contributed by atoms with E-state index in [0.29, 0.717) is 11.3 Å². The number of alkyl halides is 2. The molecule has 1 aromatic carbocycles. The summed E-state index contributed by atoms with van der Waals surface area (Å²) in [5, 5.41) is 17.6. The van der Waals surface area contributed by atoms with Crippen LogP contribution in [0.5, 0.6) is 5.75 Å². The van der Waals surface area contributed by atoms with Crippen molar-refractivity contribution in [3.63, 3.8) is 0 Å². The highest BCUT2D eigenvalue weighted by atomic mass is 19.3. The molecule has 1 aromatic rings. The Bertz CT molecular complexity index is 586. The summed E-state index contributed by atoms with van der Waals surface area (Å²) in [6.07, 6.45) is -0.573. The molecule has 1 unspecified atom stereocenters. The van der Waals surface area contributed by atoms with Crippen molar-refractivity contribution in [2.75, 3.05) is 19.8 Å². The number of aliphatic hydroxyl groups is 1. The van der Waals surface area contributed by atoms with E-state index in [4.69, 9.17) is 15.1 Å². The first-order valence-corrected chi connectivity index (χ1v) is 6.82. The number of hydrogen-bond acceptors (Lipinski definition) is 4. The molecule has 5 nitrogen and oxygen atoms in total. The highest BCUT2D eigenvalue weighted by molar-refractivity contribution is 5.79. The van der Waals surface area contributed by atoms with Gasteiger partial charge in [-0.3, -0.25) is 4.79 Å².